The van der Waals surface area contributed by atoms with Crippen LogP contribution in [0.4, 0.5) is 36.1 Å². The van der Waals surface area contributed by atoms with Crippen LogP contribution in [0.15, 0.2) is 67.4 Å². The van der Waals surface area contributed by atoms with Gasteiger partial charge < -0.3 is 30.5 Å². The van der Waals surface area contributed by atoms with E-state index >= 15 is 0 Å². The first-order valence-corrected chi connectivity index (χ1v) is 12.8. The highest BCUT2D eigenvalue weighted by atomic mass is 19.4. The number of pyridine rings is 1. The molecule has 42 heavy (non-hydrogen) atoms. The van der Waals surface area contributed by atoms with E-state index < -0.39 is 24.2 Å². The summed E-state index contributed by atoms with van der Waals surface area (Å²) >= 11 is 0. The van der Waals surface area contributed by atoms with Crippen LogP contribution in [0.1, 0.15) is 40.1 Å². The lowest BCUT2D eigenvalue weighted by atomic mass is 10.0. The van der Waals surface area contributed by atoms with E-state index in [9.17, 15) is 22.8 Å². The molecule has 0 saturated heterocycles. The monoisotopic (exact) mass is 581 g/mol. The van der Waals surface area contributed by atoms with E-state index in [0.29, 0.717) is 30.0 Å². The molecule has 0 aliphatic carbocycles. The van der Waals surface area contributed by atoms with Crippen LogP contribution >= 0.6 is 0 Å². The number of anilines is 4. The van der Waals surface area contributed by atoms with Crippen molar-refractivity contribution in [1.82, 2.24) is 14.5 Å². The summed E-state index contributed by atoms with van der Waals surface area (Å²) in [5.41, 5.74) is 8.28. The van der Waals surface area contributed by atoms with Gasteiger partial charge in [-0.25, -0.2) is 14.8 Å². The molecule has 0 spiro atoms. The van der Waals surface area contributed by atoms with Crippen molar-refractivity contribution in [3.63, 3.8) is 0 Å². The number of alkyl halides is 3. The third kappa shape index (κ3) is 5.50. The zero-order chi connectivity index (χ0) is 30.0. The van der Waals surface area contributed by atoms with Gasteiger partial charge in [-0.1, -0.05) is 31.2 Å². The number of carbonyl (C=O) groups excluding carboxylic acids is 2. The number of methoxy groups -OCH3 is 1. The van der Waals surface area contributed by atoms with Crippen LogP contribution < -0.4 is 26.2 Å². The highest BCUT2D eigenvalue weighted by Crippen LogP contribution is 2.48. The molecular formula is C28H26F3N7O4. The number of benzene rings is 2. The molecule has 0 radical (unpaired) electrons. The fourth-order valence-electron chi connectivity index (χ4n) is 4.72. The zero-order valence-electron chi connectivity index (χ0n) is 22.5. The number of aromatic nitrogens is 3. The van der Waals surface area contributed by atoms with Crippen LogP contribution in [0.2, 0.25) is 0 Å². The summed E-state index contributed by atoms with van der Waals surface area (Å²) in [4.78, 5) is 37.9. The molecule has 1 atom stereocenters. The predicted molar refractivity (Wildman–Crippen MR) is 147 cm³/mol. The quantitative estimate of drug-likeness (QED) is 0.257. The molecule has 1 unspecified atom stereocenters. The molecule has 4 aromatic rings. The van der Waals surface area contributed by atoms with E-state index in [1.54, 1.807) is 48.9 Å². The third-order valence-electron chi connectivity index (χ3n) is 6.69. The Labute approximate surface area is 238 Å². The Morgan fingerprint density at radius 1 is 1.17 bits per heavy atom. The van der Waals surface area contributed by atoms with Gasteiger partial charge in [0.1, 0.15) is 11.4 Å². The lowest BCUT2D eigenvalue weighted by Crippen LogP contribution is -2.37. The zero-order valence-corrected chi connectivity index (χ0v) is 22.5. The van der Waals surface area contributed by atoms with E-state index in [2.05, 4.69) is 20.6 Å². The van der Waals surface area contributed by atoms with Crippen molar-refractivity contribution in [3.05, 3.63) is 89.6 Å². The molecule has 1 aliphatic rings. The van der Waals surface area contributed by atoms with Crippen molar-refractivity contribution in [1.29, 1.82) is 0 Å². The third-order valence-corrected chi connectivity index (χ3v) is 6.69. The fraction of sp³-hybridized carbons (Fsp3) is 0.214. The van der Waals surface area contributed by atoms with Gasteiger partial charge in [-0.15, -0.1) is 0 Å². The average molecular weight is 582 g/mol. The number of nitrogens with two attached hydrogens (primary N) is 1. The SMILES string of the molecule is CCc1c(Cn2ccnc2)cccc1Nc1c(C(N)=O)cnc2c1N(OC(=O)C(F)(F)F)C(c1ccc(OC)cc1)N2. The van der Waals surface area contributed by atoms with Crippen LogP contribution in [0, 0.1) is 0 Å². The minimum Gasteiger partial charge on any atom is -0.497 e. The summed E-state index contributed by atoms with van der Waals surface area (Å²) in [6.07, 6.45) is 0.509. The molecule has 11 nitrogen and oxygen atoms in total. The first-order valence-electron chi connectivity index (χ1n) is 12.8. The lowest BCUT2D eigenvalue weighted by molar-refractivity contribution is -0.201. The molecule has 5 rings (SSSR count). The maximum atomic E-state index is 13.4. The fourth-order valence-corrected chi connectivity index (χ4v) is 4.72. The molecular weight excluding hydrogens is 555 g/mol. The number of rotatable bonds is 9. The Balaban J connectivity index is 1.63. The molecule has 1 amide bonds. The van der Waals surface area contributed by atoms with Gasteiger partial charge in [-0.2, -0.15) is 18.2 Å². The number of primary amides is 1. The Morgan fingerprint density at radius 2 is 1.93 bits per heavy atom. The van der Waals surface area contributed by atoms with Crippen LogP contribution in [-0.2, 0) is 22.6 Å². The molecule has 3 heterocycles. The van der Waals surface area contributed by atoms with Gasteiger partial charge in [0.05, 0.1) is 24.7 Å². The summed E-state index contributed by atoms with van der Waals surface area (Å²) in [5, 5.41) is 6.92. The van der Waals surface area contributed by atoms with Gasteiger partial charge in [0.15, 0.2) is 12.0 Å². The van der Waals surface area contributed by atoms with Gasteiger partial charge in [0, 0.05) is 30.8 Å². The number of fused-ring (bicyclic) bond motifs is 1. The Bertz CT molecular complexity index is 1610. The molecule has 14 heteroatoms. The van der Waals surface area contributed by atoms with Crippen molar-refractivity contribution in [2.45, 2.75) is 32.2 Å². The largest absolute Gasteiger partial charge is 0.497 e. The average Bonchev–Trinajstić information content (AvgIpc) is 3.61. The minimum absolute atomic E-state index is 0.0143. The number of halogens is 3. The number of hydroxylamine groups is 1. The Morgan fingerprint density at radius 3 is 2.55 bits per heavy atom. The lowest BCUT2D eigenvalue weighted by Gasteiger charge is -2.27. The molecule has 0 bridgehead atoms. The van der Waals surface area contributed by atoms with Crippen molar-refractivity contribution in [3.8, 4) is 5.75 Å². The maximum absolute atomic E-state index is 13.4. The van der Waals surface area contributed by atoms with Gasteiger partial charge in [-0.3, -0.25) is 4.79 Å². The summed E-state index contributed by atoms with van der Waals surface area (Å²) < 4.78 is 47.3. The molecule has 2 aromatic carbocycles. The van der Waals surface area contributed by atoms with Gasteiger partial charge in [0.2, 0.25) is 0 Å². The standard InChI is InChI=1S/C28H26F3N7O4/c1-3-19-17(14-37-12-11-33-15-37)5-4-6-21(19)35-22-20(24(32)39)13-34-25-23(22)38(42-27(40)28(29,30)31)26(36-25)16-7-9-18(41-2)10-8-16/h4-13,15,26H,3,14H2,1-2H3,(H2,32,39)(H2,34,35,36). The number of hydrogen-bond donors (Lipinski definition) is 3. The van der Waals surface area contributed by atoms with Gasteiger partial charge in [0.25, 0.3) is 5.91 Å². The van der Waals surface area contributed by atoms with E-state index in [1.807, 2.05) is 23.8 Å². The maximum Gasteiger partial charge on any atom is 0.493 e. The normalized spacial score (nSPS) is 14.2. The topological polar surface area (TPSA) is 137 Å². The summed E-state index contributed by atoms with van der Waals surface area (Å²) in [6, 6.07) is 11.9. The van der Waals surface area contributed by atoms with Gasteiger partial charge >= 0.3 is 12.1 Å². The number of hydrogen-bond acceptors (Lipinski definition) is 9. The van der Waals surface area contributed by atoms with E-state index in [1.165, 1.54) is 13.3 Å². The summed E-state index contributed by atoms with van der Waals surface area (Å²) in [5.74, 6) is -2.78. The van der Waals surface area contributed by atoms with Gasteiger partial charge in [-0.05, 0) is 41.3 Å². The van der Waals surface area contributed by atoms with Crippen LogP contribution in [-0.4, -0.2) is 39.7 Å². The molecule has 0 saturated carbocycles. The summed E-state index contributed by atoms with van der Waals surface area (Å²) in [7, 11) is 1.47. The molecule has 218 valence electrons. The number of amides is 1. The first-order chi connectivity index (χ1) is 20.1. The van der Waals surface area contributed by atoms with Crippen molar-refractivity contribution < 1.29 is 32.3 Å². The van der Waals surface area contributed by atoms with Crippen LogP contribution in [0.5, 0.6) is 5.75 Å². The van der Waals surface area contributed by atoms with Crippen LogP contribution in [0.25, 0.3) is 0 Å². The number of ether oxygens (including phenoxy) is 1. The van der Waals surface area contributed by atoms with Crippen LogP contribution in [0.3, 0.4) is 0 Å². The van der Waals surface area contributed by atoms with Crippen molar-refractivity contribution in [2.75, 3.05) is 22.8 Å². The number of nitrogens with zero attached hydrogens (tertiary/aromatic N) is 4. The van der Waals surface area contributed by atoms with E-state index in [4.69, 9.17) is 15.3 Å². The van der Waals surface area contributed by atoms with E-state index in [-0.39, 0.29) is 22.8 Å². The first kappa shape index (κ1) is 28.3. The second-order valence-electron chi connectivity index (χ2n) is 9.29. The highest BCUT2D eigenvalue weighted by Gasteiger charge is 2.46. The highest BCUT2D eigenvalue weighted by molar-refractivity contribution is 6.05. The van der Waals surface area contributed by atoms with Crippen molar-refractivity contribution in [2.24, 2.45) is 5.73 Å². The van der Waals surface area contributed by atoms with Crippen molar-refractivity contribution >= 4 is 34.8 Å². The molecule has 2 aromatic heterocycles. The molecule has 4 N–H and O–H groups in total. The number of carbonyl (C=O) groups is 2. The second kappa shape index (κ2) is 11.3. The Kier molecular flexibility index (Phi) is 7.61. The summed E-state index contributed by atoms with van der Waals surface area (Å²) in [6.45, 7) is 2.45. The second-order valence-corrected chi connectivity index (χ2v) is 9.29. The predicted octanol–water partition coefficient (Wildman–Crippen LogP) is 4.69. The minimum atomic E-state index is -5.30. The smallest absolute Gasteiger partial charge is 0.493 e. The number of nitrogens with one attached hydrogen (secondary N) is 2. The molecule has 1 aliphatic heterocycles. The molecule has 0 fully saturated rings. The Hall–Kier alpha value is -5.27. The van der Waals surface area contributed by atoms with E-state index in [0.717, 1.165) is 16.2 Å². The number of imidazole rings is 1.